The number of piperidine rings is 1. The summed E-state index contributed by atoms with van der Waals surface area (Å²) in [4.78, 5) is 17.9. The van der Waals surface area contributed by atoms with Gasteiger partial charge in [-0.3, -0.25) is 9.69 Å². The standard InChI is InChI=1S/C28H38N2O5/c1-32-25-14-8-16-30-24(25)12-4-5-15-29(20-22-10-7-13-26(33-2)27(22)34-3)17-18-35-23-11-6-9-21(19-23)28(30)31/h6-7,9-11,13,19,24-25H,4-5,8,12,14-18,20H2,1-3H3/t24-,25-/m1/s1. The minimum Gasteiger partial charge on any atom is -0.493 e. The summed E-state index contributed by atoms with van der Waals surface area (Å²) < 4.78 is 23.1. The molecule has 7 nitrogen and oxygen atoms in total. The molecule has 2 aromatic rings. The molecule has 1 amide bonds. The summed E-state index contributed by atoms with van der Waals surface area (Å²) in [6, 6.07) is 13.7. The van der Waals surface area contributed by atoms with Gasteiger partial charge in [-0.25, -0.2) is 0 Å². The molecule has 2 atom stereocenters. The summed E-state index contributed by atoms with van der Waals surface area (Å²) in [5.41, 5.74) is 1.78. The lowest BCUT2D eigenvalue weighted by atomic mass is 9.93. The predicted octanol–water partition coefficient (Wildman–Crippen LogP) is 4.39. The van der Waals surface area contributed by atoms with Crippen molar-refractivity contribution in [1.82, 2.24) is 9.80 Å². The Balaban J connectivity index is 1.55. The first-order valence-corrected chi connectivity index (χ1v) is 12.6. The van der Waals surface area contributed by atoms with Gasteiger partial charge in [0.05, 0.1) is 26.4 Å². The van der Waals surface area contributed by atoms with Gasteiger partial charge in [-0.15, -0.1) is 0 Å². The predicted molar refractivity (Wildman–Crippen MR) is 135 cm³/mol. The average Bonchev–Trinajstić information content (AvgIpc) is 2.89. The molecule has 0 unspecified atom stereocenters. The maximum absolute atomic E-state index is 13.4. The number of fused-ring (bicyclic) bond motifs is 3. The maximum atomic E-state index is 13.4. The van der Waals surface area contributed by atoms with Crippen LogP contribution < -0.4 is 14.2 Å². The van der Waals surface area contributed by atoms with Crippen LogP contribution in [0.4, 0.5) is 0 Å². The number of carbonyl (C=O) groups is 1. The van der Waals surface area contributed by atoms with Gasteiger partial charge in [-0.05, 0) is 56.5 Å². The molecule has 0 N–H and O–H groups in total. The monoisotopic (exact) mass is 482 g/mol. The fraction of sp³-hybridized carbons (Fsp3) is 0.536. The van der Waals surface area contributed by atoms with Crippen LogP contribution in [0.3, 0.4) is 0 Å². The fourth-order valence-corrected chi connectivity index (χ4v) is 5.35. The number of benzene rings is 2. The van der Waals surface area contributed by atoms with Crippen LogP contribution in [0.15, 0.2) is 42.5 Å². The molecule has 2 aliphatic heterocycles. The molecule has 2 heterocycles. The molecule has 2 aliphatic rings. The summed E-state index contributed by atoms with van der Waals surface area (Å²) in [6.45, 7) is 3.77. The van der Waals surface area contributed by atoms with Crippen LogP contribution in [0.25, 0.3) is 0 Å². The van der Waals surface area contributed by atoms with Gasteiger partial charge >= 0.3 is 0 Å². The Morgan fingerprint density at radius 1 is 0.943 bits per heavy atom. The molecule has 0 aromatic heterocycles. The number of methoxy groups -OCH3 is 3. The van der Waals surface area contributed by atoms with Crippen LogP contribution in [-0.2, 0) is 11.3 Å². The third-order valence-corrected chi connectivity index (χ3v) is 7.14. The Morgan fingerprint density at radius 2 is 1.80 bits per heavy atom. The van der Waals surface area contributed by atoms with Crippen molar-refractivity contribution >= 4 is 5.91 Å². The molecule has 2 aromatic carbocycles. The number of amides is 1. The summed E-state index contributed by atoms with van der Waals surface area (Å²) in [5, 5.41) is 0. The Hall–Kier alpha value is -2.77. The molecule has 7 heteroatoms. The molecule has 35 heavy (non-hydrogen) atoms. The van der Waals surface area contributed by atoms with Gasteiger partial charge in [0.15, 0.2) is 11.5 Å². The summed E-state index contributed by atoms with van der Waals surface area (Å²) in [6.07, 6.45) is 5.05. The molecule has 0 aliphatic carbocycles. The quantitative estimate of drug-likeness (QED) is 0.630. The van der Waals surface area contributed by atoms with E-state index in [1.807, 2.05) is 41.3 Å². The normalized spacial score (nSPS) is 22.0. The molecule has 2 bridgehead atoms. The molecular weight excluding hydrogens is 444 g/mol. The number of nitrogens with zero attached hydrogens (tertiary/aromatic N) is 2. The summed E-state index contributed by atoms with van der Waals surface area (Å²) in [7, 11) is 5.11. The number of ether oxygens (including phenoxy) is 4. The first-order chi connectivity index (χ1) is 17.1. The highest BCUT2D eigenvalue weighted by Gasteiger charge is 2.34. The van der Waals surface area contributed by atoms with Crippen molar-refractivity contribution in [3.8, 4) is 17.2 Å². The van der Waals surface area contributed by atoms with E-state index in [2.05, 4.69) is 11.0 Å². The number of hydrogen-bond acceptors (Lipinski definition) is 6. The van der Waals surface area contributed by atoms with E-state index in [1.54, 1.807) is 21.3 Å². The van der Waals surface area contributed by atoms with E-state index in [9.17, 15) is 4.79 Å². The number of hydrogen-bond donors (Lipinski definition) is 0. The summed E-state index contributed by atoms with van der Waals surface area (Å²) >= 11 is 0. The highest BCUT2D eigenvalue weighted by Crippen LogP contribution is 2.32. The Kier molecular flexibility index (Phi) is 8.88. The van der Waals surface area contributed by atoms with Crippen molar-refractivity contribution in [3.05, 3.63) is 53.6 Å². The second kappa shape index (κ2) is 12.3. The topological polar surface area (TPSA) is 60.5 Å². The zero-order chi connectivity index (χ0) is 24.6. The summed E-state index contributed by atoms with van der Waals surface area (Å²) in [5.74, 6) is 2.32. The van der Waals surface area contributed by atoms with Crippen molar-refractivity contribution in [2.24, 2.45) is 0 Å². The van der Waals surface area contributed by atoms with Crippen molar-refractivity contribution in [2.45, 2.75) is 50.8 Å². The third-order valence-electron chi connectivity index (χ3n) is 7.14. The van der Waals surface area contributed by atoms with Crippen LogP contribution in [0.5, 0.6) is 17.2 Å². The van der Waals surface area contributed by atoms with Gasteiger partial charge < -0.3 is 23.8 Å². The smallest absolute Gasteiger partial charge is 0.254 e. The van der Waals surface area contributed by atoms with Crippen LogP contribution in [0.1, 0.15) is 48.0 Å². The molecular formula is C28H38N2O5. The third kappa shape index (κ3) is 6.08. The largest absolute Gasteiger partial charge is 0.493 e. The minimum atomic E-state index is 0.0750. The molecule has 1 saturated heterocycles. The van der Waals surface area contributed by atoms with Crippen molar-refractivity contribution in [3.63, 3.8) is 0 Å². The molecule has 0 saturated carbocycles. The number of rotatable bonds is 5. The number of para-hydroxylation sites is 1. The van der Waals surface area contributed by atoms with Gasteiger partial charge in [0.2, 0.25) is 0 Å². The van der Waals surface area contributed by atoms with Gasteiger partial charge in [-0.1, -0.05) is 24.6 Å². The molecule has 0 spiro atoms. The van der Waals surface area contributed by atoms with Crippen LogP contribution in [0.2, 0.25) is 0 Å². The average molecular weight is 483 g/mol. The lowest BCUT2D eigenvalue weighted by Crippen LogP contribution is -2.51. The van der Waals surface area contributed by atoms with E-state index in [0.717, 1.165) is 81.1 Å². The lowest BCUT2D eigenvalue weighted by Gasteiger charge is -2.41. The van der Waals surface area contributed by atoms with Gasteiger partial charge in [0, 0.05) is 37.9 Å². The molecule has 190 valence electrons. The Labute approximate surface area is 208 Å². The first-order valence-electron chi connectivity index (χ1n) is 12.6. The maximum Gasteiger partial charge on any atom is 0.254 e. The van der Waals surface area contributed by atoms with Crippen LogP contribution >= 0.6 is 0 Å². The zero-order valence-corrected chi connectivity index (χ0v) is 21.2. The zero-order valence-electron chi connectivity index (χ0n) is 21.2. The second-order valence-electron chi connectivity index (χ2n) is 9.28. The van der Waals surface area contributed by atoms with E-state index >= 15 is 0 Å². The van der Waals surface area contributed by atoms with Crippen LogP contribution in [-0.4, -0.2) is 75.4 Å². The van der Waals surface area contributed by atoms with Crippen molar-refractivity contribution < 1.29 is 23.7 Å². The van der Waals surface area contributed by atoms with E-state index in [4.69, 9.17) is 18.9 Å². The highest BCUT2D eigenvalue weighted by molar-refractivity contribution is 5.95. The minimum absolute atomic E-state index is 0.0750. The fourth-order valence-electron chi connectivity index (χ4n) is 5.35. The number of carbonyl (C=O) groups excluding carboxylic acids is 1. The van der Waals surface area contributed by atoms with Crippen molar-refractivity contribution in [2.75, 3.05) is 47.6 Å². The molecule has 4 rings (SSSR count). The molecule has 0 radical (unpaired) electrons. The SMILES string of the molecule is COc1cccc(CN2CCCC[C@@H]3[C@H](OC)CCCN3C(=O)c3cccc(c3)OCC2)c1OC. The van der Waals surface area contributed by atoms with Crippen molar-refractivity contribution in [1.29, 1.82) is 0 Å². The van der Waals surface area contributed by atoms with E-state index < -0.39 is 0 Å². The van der Waals surface area contributed by atoms with Gasteiger partial charge in [-0.2, -0.15) is 0 Å². The van der Waals surface area contributed by atoms with E-state index in [-0.39, 0.29) is 18.1 Å². The lowest BCUT2D eigenvalue weighted by molar-refractivity contribution is -0.0156. The van der Waals surface area contributed by atoms with Gasteiger partial charge in [0.25, 0.3) is 5.91 Å². The Morgan fingerprint density at radius 3 is 2.60 bits per heavy atom. The van der Waals surface area contributed by atoms with E-state index in [0.29, 0.717) is 12.2 Å². The second-order valence-corrected chi connectivity index (χ2v) is 9.28. The van der Waals surface area contributed by atoms with Crippen LogP contribution in [0, 0.1) is 0 Å². The van der Waals surface area contributed by atoms with E-state index in [1.165, 1.54) is 0 Å². The highest BCUT2D eigenvalue weighted by atomic mass is 16.5. The Bertz CT molecular complexity index is 982. The molecule has 1 fully saturated rings. The first kappa shape index (κ1) is 25.3. The van der Waals surface area contributed by atoms with Gasteiger partial charge in [0.1, 0.15) is 12.4 Å².